The Morgan fingerprint density at radius 3 is 1.98 bits per heavy atom. The van der Waals surface area contributed by atoms with Gasteiger partial charge in [0.2, 0.25) is 0 Å². The second kappa shape index (κ2) is 9.33. The minimum absolute atomic E-state index is 0.203. The van der Waals surface area contributed by atoms with Gasteiger partial charge in [0.25, 0.3) is 0 Å². The second-order valence-electron chi connectivity index (χ2n) is 11.8. The van der Waals surface area contributed by atoms with Crippen molar-refractivity contribution in [3.8, 4) is 44.5 Å². The molecule has 1 aliphatic heterocycles. The predicted octanol–water partition coefficient (Wildman–Crippen LogP) is 11.6. The van der Waals surface area contributed by atoms with Crippen LogP contribution >= 0.6 is 11.8 Å². The van der Waals surface area contributed by atoms with Gasteiger partial charge < -0.3 is 0 Å². The van der Waals surface area contributed by atoms with E-state index in [1.54, 1.807) is 0 Å². The lowest BCUT2D eigenvalue weighted by Crippen LogP contribution is -2.22. The van der Waals surface area contributed by atoms with E-state index in [4.69, 9.17) is 0 Å². The molecule has 0 aromatic heterocycles. The van der Waals surface area contributed by atoms with E-state index in [1.165, 1.54) is 81.8 Å². The fourth-order valence-corrected chi connectivity index (χ4v) is 8.68. The maximum absolute atomic E-state index is 2.39. The van der Waals surface area contributed by atoms with Crippen LogP contribution in [-0.4, -0.2) is 0 Å². The average molecular weight is 565 g/mol. The van der Waals surface area contributed by atoms with E-state index in [-0.39, 0.29) is 5.41 Å². The fourth-order valence-electron chi connectivity index (χ4n) is 7.55. The van der Waals surface area contributed by atoms with Gasteiger partial charge in [-0.3, -0.25) is 0 Å². The first kappa shape index (κ1) is 24.7. The van der Waals surface area contributed by atoms with Crippen LogP contribution in [0, 0.1) is 0 Å². The van der Waals surface area contributed by atoms with Gasteiger partial charge in [-0.2, -0.15) is 0 Å². The van der Waals surface area contributed by atoms with Crippen molar-refractivity contribution in [2.24, 2.45) is 0 Å². The van der Waals surface area contributed by atoms with Gasteiger partial charge in [-0.1, -0.05) is 145 Å². The first-order valence-electron chi connectivity index (χ1n) is 14.9. The zero-order chi connectivity index (χ0) is 28.5. The van der Waals surface area contributed by atoms with Gasteiger partial charge in [0.05, 0.1) is 0 Å². The van der Waals surface area contributed by atoms with Crippen molar-refractivity contribution < 1.29 is 0 Å². The summed E-state index contributed by atoms with van der Waals surface area (Å²) in [7, 11) is 0. The molecule has 43 heavy (non-hydrogen) atoms. The molecule has 1 heterocycles. The molecule has 1 atom stereocenters. The third kappa shape index (κ3) is 3.52. The van der Waals surface area contributed by atoms with Crippen molar-refractivity contribution in [3.05, 3.63) is 168 Å². The zero-order valence-electron chi connectivity index (χ0n) is 23.8. The summed E-state index contributed by atoms with van der Waals surface area (Å²) >= 11 is 1.88. The van der Waals surface area contributed by atoms with Crippen LogP contribution in [-0.2, 0) is 5.41 Å². The molecule has 0 fully saturated rings. The molecular weight excluding hydrogens is 537 g/mol. The molecule has 0 radical (unpaired) electrons. The average Bonchev–Trinajstić information content (AvgIpc) is 3.35. The minimum atomic E-state index is -0.203. The fraction of sp³-hybridized carbons (Fsp3) is 0.0476. The molecule has 1 aliphatic carbocycles. The highest BCUT2D eigenvalue weighted by atomic mass is 32.2. The topological polar surface area (TPSA) is 0 Å². The molecule has 9 rings (SSSR count). The van der Waals surface area contributed by atoms with Crippen LogP contribution in [0.3, 0.4) is 0 Å². The van der Waals surface area contributed by atoms with Gasteiger partial charge in [0.1, 0.15) is 0 Å². The number of rotatable bonds is 3. The zero-order valence-corrected chi connectivity index (χ0v) is 24.7. The highest BCUT2D eigenvalue weighted by Gasteiger charge is 2.41. The van der Waals surface area contributed by atoms with E-state index in [9.17, 15) is 0 Å². The van der Waals surface area contributed by atoms with Gasteiger partial charge in [-0.25, -0.2) is 0 Å². The third-order valence-corrected chi connectivity index (χ3v) is 10.7. The van der Waals surface area contributed by atoms with E-state index in [0.717, 1.165) is 0 Å². The molecule has 0 bridgehead atoms. The van der Waals surface area contributed by atoms with E-state index in [1.807, 2.05) is 11.8 Å². The molecule has 7 aromatic rings. The summed E-state index contributed by atoms with van der Waals surface area (Å²) in [6, 6.07) is 56.2. The molecule has 0 saturated carbocycles. The lowest BCUT2D eigenvalue weighted by molar-refractivity contribution is 0.714. The molecule has 1 unspecified atom stereocenters. The molecule has 0 spiro atoms. The Morgan fingerprint density at radius 1 is 0.442 bits per heavy atom. The Labute approximate surface area is 256 Å². The standard InChI is InChI=1S/C42H28S/c1-42(29-14-3-2-4-15-29)36-21-7-5-17-35(36)40-31(18-11-22-37(40)42)28-13-9-12-27(26-28)30-24-25-39-41-33(30)19-10-20-34(41)32-16-6-8-23-38(32)43-39/h2-26H,1H3. The second-order valence-corrected chi connectivity index (χ2v) is 12.9. The van der Waals surface area contributed by atoms with Gasteiger partial charge in [-0.05, 0) is 91.7 Å². The molecular formula is C42H28S. The molecule has 2 aliphatic rings. The molecule has 7 aromatic carbocycles. The Hall–Kier alpha value is -4.85. The summed E-state index contributed by atoms with van der Waals surface area (Å²) in [5.41, 5.74) is 14.3. The van der Waals surface area contributed by atoms with E-state index in [0.29, 0.717) is 0 Å². The van der Waals surface area contributed by atoms with Crippen molar-refractivity contribution in [2.45, 2.75) is 22.1 Å². The van der Waals surface area contributed by atoms with Crippen molar-refractivity contribution >= 4 is 22.5 Å². The van der Waals surface area contributed by atoms with Crippen molar-refractivity contribution in [3.63, 3.8) is 0 Å². The van der Waals surface area contributed by atoms with Crippen LogP contribution in [0.25, 0.3) is 55.3 Å². The summed E-state index contributed by atoms with van der Waals surface area (Å²) < 4.78 is 0. The Morgan fingerprint density at radius 2 is 1.09 bits per heavy atom. The van der Waals surface area contributed by atoms with Gasteiger partial charge in [0, 0.05) is 20.6 Å². The van der Waals surface area contributed by atoms with Gasteiger partial charge in [0.15, 0.2) is 0 Å². The van der Waals surface area contributed by atoms with Crippen molar-refractivity contribution in [1.29, 1.82) is 0 Å². The molecule has 1 heteroatoms. The predicted molar refractivity (Wildman–Crippen MR) is 182 cm³/mol. The minimum Gasteiger partial charge on any atom is -0.0888 e. The lowest BCUT2D eigenvalue weighted by atomic mass is 9.74. The first-order valence-corrected chi connectivity index (χ1v) is 15.8. The smallest absolute Gasteiger partial charge is 0.0435 e. The van der Waals surface area contributed by atoms with E-state index >= 15 is 0 Å². The summed E-state index contributed by atoms with van der Waals surface area (Å²) in [4.78, 5) is 2.67. The van der Waals surface area contributed by atoms with Crippen molar-refractivity contribution in [1.82, 2.24) is 0 Å². The van der Waals surface area contributed by atoms with Gasteiger partial charge >= 0.3 is 0 Å². The largest absolute Gasteiger partial charge is 0.0888 e. The van der Waals surface area contributed by atoms with E-state index in [2.05, 4.69) is 159 Å². The Balaban J connectivity index is 1.24. The lowest BCUT2D eigenvalue weighted by Gasteiger charge is -2.28. The molecule has 0 N–H and O–H groups in total. The highest BCUT2D eigenvalue weighted by Crippen LogP contribution is 2.55. The SMILES string of the molecule is CC1(c2ccccc2)c2ccccc2-c2c(-c3cccc(-c4ccc5c6c(cccc46)-c4ccccc4S5)c3)cccc21. The summed E-state index contributed by atoms with van der Waals surface area (Å²) in [6.45, 7) is 2.39. The summed E-state index contributed by atoms with van der Waals surface area (Å²) in [5.74, 6) is 0. The van der Waals surface area contributed by atoms with Crippen LogP contribution < -0.4 is 0 Å². The number of hydrogen-bond donors (Lipinski definition) is 0. The Bertz CT molecular complexity index is 2230. The maximum atomic E-state index is 2.39. The van der Waals surface area contributed by atoms with Crippen LogP contribution in [0.15, 0.2) is 161 Å². The summed E-state index contributed by atoms with van der Waals surface area (Å²) in [6.07, 6.45) is 0. The molecule has 0 nitrogen and oxygen atoms in total. The normalized spacial score (nSPS) is 16.0. The van der Waals surface area contributed by atoms with Crippen LogP contribution in [0.2, 0.25) is 0 Å². The Kier molecular flexibility index (Phi) is 5.36. The van der Waals surface area contributed by atoms with Crippen LogP contribution in [0.4, 0.5) is 0 Å². The summed E-state index contributed by atoms with van der Waals surface area (Å²) in [5, 5.41) is 2.68. The van der Waals surface area contributed by atoms with Crippen molar-refractivity contribution in [2.75, 3.05) is 0 Å². The number of benzene rings is 7. The maximum Gasteiger partial charge on any atom is 0.0435 e. The van der Waals surface area contributed by atoms with Crippen LogP contribution in [0.5, 0.6) is 0 Å². The molecule has 0 amide bonds. The van der Waals surface area contributed by atoms with Gasteiger partial charge in [-0.15, -0.1) is 0 Å². The highest BCUT2D eigenvalue weighted by molar-refractivity contribution is 7.99. The third-order valence-electron chi connectivity index (χ3n) is 9.57. The monoisotopic (exact) mass is 564 g/mol. The van der Waals surface area contributed by atoms with Crippen LogP contribution in [0.1, 0.15) is 23.6 Å². The first-order chi connectivity index (χ1) is 21.2. The number of hydrogen-bond acceptors (Lipinski definition) is 1. The number of fused-ring (bicyclic) bond motifs is 5. The molecule has 0 saturated heterocycles. The molecule has 202 valence electrons. The van der Waals surface area contributed by atoms with E-state index < -0.39 is 0 Å². The quantitative estimate of drug-likeness (QED) is 0.206.